The van der Waals surface area contributed by atoms with Crippen molar-refractivity contribution in [1.29, 1.82) is 0 Å². The standard InChI is InChI=1S/C17H14ClN3O3S/c18-11-7-8-12(14(10-11)21(23)24)17(22)19-9-3-6-16-20-13-4-1-2-5-15(13)25-16/h1-2,4-5,7-8,10H,3,6,9H2,(H,19,22). The van der Waals surface area contributed by atoms with Crippen molar-refractivity contribution < 1.29 is 9.72 Å². The summed E-state index contributed by atoms with van der Waals surface area (Å²) in [6, 6.07) is 11.9. The van der Waals surface area contributed by atoms with Gasteiger partial charge in [0.25, 0.3) is 11.6 Å². The van der Waals surface area contributed by atoms with Gasteiger partial charge >= 0.3 is 0 Å². The maximum atomic E-state index is 12.2. The molecular weight excluding hydrogens is 362 g/mol. The molecule has 8 heteroatoms. The molecule has 0 saturated heterocycles. The van der Waals surface area contributed by atoms with E-state index in [1.165, 1.54) is 18.2 Å². The van der Waals surface area contributed by atoms with E-state index in [0.717, 1.165) is 21.6 Å². The summed E-state index contributed by atoms with van der Waals surface area (Å²) in [6.07, 6.45) is 1.44. The van der Waals surface area contributed by atoms with Crippen LogP contribution in [-0.2, 0) is 6.42 Å². The first kappa shape index (κ1) is 17.3. The molecule has 0 fully saturated rings. The van der Waals surface area contributed by atoms with Gasteiger partial charge in [0.1, 0.15) is 5.56 Å². The predicted molar refractivity (Wildman–Crippen MR) is 98.4 cm³/mol. The molecule has 0 aliphatic carbocycles. The van der Waals surface area contributed by atoms with Crippen LogP contribution < -0.4 is 5.32 Å². The van der Waals surface area contributed by atoms with Gasteiger partial charge in [0, 0.05) is 24.1 Å². The van der Waals surface area contributed by atoms with Gasteiger partial charge in [-0.25, -0.2) is 4.98 Å². The molecule has 128 valence electrons. The summed E-state index contributed by atoms with van der Waals surface area (Å²) in [7, 11) is 0. The lowest BCUT2D eigenvalue weighted by atomic mass is 10.1. The number of hydrogen-bond donors (Lipinski definition) is 1. The molecule has 0 bridgehead atoms. The van der Waals surface area contributed by atoms with Crippen LogP contribution in [0.3, 0.4) is 0 Å². The number of carbonyl (C=O) groups is 1. The second-order valence-electron chi connectivity index (χ2n) is 5.35. The highest BCUT2D eigenvalue weighted by atomic mass is 35.5. The fourth-order valence-corrected chi connectivity index (χ4v) is 3.59. The third kappa shape index (κ3) is 4.12. The topological polar surface area (TPSA) is 85.1 Å². The number of carbonyl (C=O) groups excluding carboxylic acids is 1. The van der Waals surface area contributed by atoms with Crippen molar-refractivity contribution in [2.24, 2.45) is 0 Å². The van der Waals surface area contributed by atoms with Crippen LogP contribution in [0.5, 0.6) is 0 Å². The molecule has 0 unspecified atom stereocenters. The zero-order valence-corrected chi connectivity index (χ0v) is 14.6. The number of amides is 1. The number of nitrogens with one attached hydrogen (secondary N) is 1. The van der Waals surface area contributed by atoms with Gasteiger partial charge in [-0.3, -0.25) is 14.9 Å². The third-order valence-electron chi connectivity index (χ3n) is 3.59. The van der Waals surface area contributed by atoms with Crippen LogP contribution in [0.1, 0.15) is 21.8 Å². The number of aromatic nitrogens is 1. The molecule has 0 atom stereocenters. The molecule has 0 aliphatic heterocycles. The number of fused-ring (bicyclic) bond motifs is 1. The van der Waals surface area contributed by atoms with E-state index in [0.29, 0.717) is 13.0 Å². The summed E-state index contributed by atoms with van der Waals surface area (Å²) in [6.45, 7) is 0.411. The first-order valence-corrected chi connectivity index (χ1v) is 8.80. The van der Waals surface area contributed by atoms with Gasteiger partial charge in [0.2, 0.25) is 0 Å². The van der Waals surface area contributed by atoms with Crippen molar-refractivity contribution in [1.82, 2.24) is 10.3 Å². The Hall–Kier alpha value is -2.51. The van der Waals surface area contributed by atoms with Crippen LogP contribution in [-0.4, -0.2) is 22.4 Å². The molecule has 0 spiro atoms. The van der Waals surface area contributed by atoms with Gasteiger partial charge in [-0.15, -0.1) is 11.3 Å². The van der Waals surface area contributed by atoms with Crippen molar-refractivity contribution in [2.75, 3.05) is 6.54 Å². The molecule has 1 aromatic heterocycles. The number of rotatable bonds is 6. The number of aryl methyl sites for hydroxylation is 1. The summed E-state index contributed by atoms with van der Waals surface area (Å²) in [4.78, 5) is 27.1. The molecule has 0 aliphatic rings. The minimum absolute atomic E-state index is 0.00869. The Morgan fingerprint density at radius 3 is 2.84 bits per heavy atom. The number of nitrogens with zero attached hydrogens (tertiary/aromatic N) is 2. The predicted octanol–water partition coefficient (Wildman–Crippen LogP) is 4.22. The Bertz CT molecular complexity index is 909. The summed E-state index contributed by atoms with van der Waals surface area (Å²) >= 11 is 7.38. The van der Waals surface area contributed by atoms with Gasteiger partial charge < -0.3 is 5.32 Å². The van der Waals surface area contributed by atoms with E-state index in [-0.39, 0.29) is 16.3 Å². The van der Waals surface area contributed by atoms with Gasteiger partial charge in [-0.1, -0.05) is 23.7 Å². The lowest BCUT2D eigenvalue weighted by Crippen LogP contribution is -2.25. The van der Waals surface area contributed by atoms with Crippen LogP contribution in [0.2, 0.25) is 5.02 Å². The van der Waals surface area contributed by atoms with E-state index >= 15 is 0 Å². The summed E-state index contributed by atoms with van der Waals surface area (Å²) in [5, 5.41) is 15.0. The normalized spacial score (nSPS) is 10.8. The molecule has 0 saturated carbocycles. The number of nitro benzene ring substituents is 1. The van der Waals surface area contributed by atoms with Crippen LogP contribution in [0.4, 0.5) is 5.69 Å². The highest BCUT2D eigenvalue weighted by Gasteiger charge is 2.20. The number of benzene rings is 2. The summed E-state index contributed by atoms with van der Waals surface area (Å²) in [5.41, 5.74) is 0.689. The molecule has 25 heavy (non-hydrogen) atoms. The summed E-state index contributed by atoms with van der Waals surface area (Å²) < 4.78 is 1.14. The Labute approximate surface area is 152 Å². The number of hydrogen-bond acceptors (Lipinski definition) is 5. The average molecular weight is 376 g/mol. The highest BCUT2D eigenvalue weighted by molar-refractivity contribution is 7.18. The molecule has 2 aromatic carbocycles. The van der Waals surface area contributed by atoms with E-state index in [2.05, 4.69) is 10.3 Å². The van der Waals surface area contributed by atoms with Crippen LogP contribution in [0.25, 0.3) is 10.2 Å². The lowest BCUT2D eigenvalue weighted by Gasteiger charge is -2.05. The third-order valence-corrected chi connectivity index (χ3v) is 4.92. The highest BCUT2D eigenvalue weighted by Crippen LogP contribution is 2.24. The summed E-state index contributed by atoms with van der Waals surface area (Å²) in [5.74, 6) is -0.479. The molecular formula is C17H14ClN3O3S. The van der Waals surface area contributed by atoms with Gasteiger partial charge in [0.15, 0.2) is 0 Å². The van der Waals surface area contributed by atoms with Crippen LogP contribution >= 0.6 is 22.9 Å². The van der Waals surface area contributed by atoms with E-state index < -0.39 is 10.8 Å². The Morgan fingerprint density at radius 2 is 2.08 bits per heavy atom. The zero-order valence-electron chi connectivity index (χ0n) is 13.1. The minimum Gasteiger partial charge on any atom is -0.352 e. The van der Waals surface area contributed by atoms with E-state index in [9.17, 15) is 14.9 Å². The van der Waals surface area contributed by atoms with E-state index in [1.54, 1.807) is 11.3 Å². The van der Waals surface area contributed by atoms with Crippen molar-refractivity contribution in [2.45, 2.75) is 12.8 Å². The molecule has 0 radical (unpaired) electrons. The number of para-hydroxylation sites is 1. The number of halogens is 1. The largest absolute Gasteiger partial charge is 0.352 e. The second-order valence-corrected chi connectivity index (χ2v) is 6.90. The van der Waals surface area contributed by atoms with Crippen molar-refractivity contribution in [3.63, 3.8) is 0 Å². The zero-order chi connectivity index (χ0) is 17.8. The van der Waals surface area contributed by atoms with Crippen molar-refractivity contribution in [3.05, 3.63) is 68.2 Å². The Kier molecular flexibility index (Phi) is 5.25. The first-order valence-electron chi connectivity index (χ1n) is 7.61. The quantitative estimate of drug-likeness (QED) is 0.397. The van der Waals surface area contributed by atoms with Gasteiger partial charge in [-0.2, -0.15) is 0 Å². The van der Waals surface area contributed by atoms with Gasteiger partial charge in [0.05, 0.1) is 20.1 Å². The minimum atomic E-state index is -0.609. The smallest absolute Gasteiger partial charge is 0.283 e. The molecule has 3 rings (SSSR count). The van der Waals surface area contributed by atoms with E-state index in [4.69, 9.17) is 11.6 Å². The number of nitro groups is 1. The van der Waals surface area contributed by atoms with Gasteiger partial charge in [-0.05, 0) is 30.7 Å². The Morgan fingerprint density at radius 1 is 1.28 bits per heavy atom. The molecule has 6 nitrogen and oxygen atoms in total. The Balaban J connectivity index is 1.57. The molecule has 1 N–H and O–H groups in total. The number of thiazole rings is 1. The maximum Gasteiger partial charge on any atom is 0.283 e. The van der Waals surface area contributed by atoms with Crippen molar-refractivity contribution >= 4 is 44.7 Å². The molecule has 1 amide bonds. The second kappa shape index (κ2) is 7.58. The molecule has 1 heterocycles. The fourth-order valence-electron chi connectivity index (χ4n) is 2.41. The van der Waals surface area contributed by atoms with Crippen LogP contribution in [0, 0.1) is 10.1 Å². The monoisotopic (exact) mass is 375 g/mol. The van der Waals surface area contributed by atoms with Crippen LogP contribution in [0.15, 0.2) is 42.5 Å². The SMILES string of the molecule is O=C(NCCCc1nc2ccccc2s1)c1ccc(Cl)cc1[N+](=O)[O-]. The van der Waals surface area contributed by atoms with E-state index in [1.807, 2.05) is 24.3 Å². The average Bonchev–Trinajstić information content (AvgIpc) is 3.01. The maximum absolute atomic E-state index is 12.2. The van der Waals surface area contributed by atoms with Crippen molar-refractivity contribution in [3.8, 4) is 0 Å². The molecule has 3 aromatic rings. The first-order chi connectivity index (χ1) is 12.0. The lowest BCUT2D eigenvalue weighted by molar-refractivity contribution is -0.385. The fraction of sp³-hybridized carbons (Fsp3) is 0.176.